The molecule has 0 aliphatic carbocycles. The Hall–Kier alpha value is -3.48. The Morgan fingerprint density at radius 1 is 1.19 bits per heavy atom. The maximum absolute atomic E-state index is 12.5. The molecule has 2 aromatic carbocycles. The van der Waals surface area contributed by atoms with Crippen molar-refractivity contribution < 1.29 is 9.53 Å². The van der Waals surface area contributed by atoms with Gasteiger partial charge in [-0.1, -0.05) is 30.3 Å². The van der Waals surface area contributed by atoms with Gasteiger partial charge in [0.05, 0.1) is 18.2 Å². The fourth-order valence-corrected chi connectivity index (χ4v) is 2.55. The Morgan fingerprint density at radius 2 is 1.88 bits per heavy atom. The molecule has 0 aliphatic rings. The Balaban J connectivity index is 1.87. The maximum Gasteiger partial charge on any atom is 0.292 e. The van der Waals surface area contributed by atoms with Gasteiger partial charge in [0.2, 0.25) is 0 Å². The molecule has 1 amide bonds. The van der Waals surface area contributed by atoms with Gasteiger partial charge in [-0.3, -0.25) is 9.59 Å². The second kappa shape index (κ2) is 7.60. The Labute approximate surface area is 149 Å². The van der Waals surface area contributed by atoms with Crippen LogP contribution in [-0.2, 0) is 7.05 Å². The Bertz CT molecular complexity index is 1040. The van der Waals surface area contributed by atoms with Crippen molar-refractivity contribution in [3.05, 3.63) is 70.1 Å². The minimum Gasteiger partial charge on any atom is -0.493 e. The predicted octanol–water partition coefficient (Wildman–Crippen LogP) is 2.10. The van der Waals surface area contributed by atoms with Crippen LogP contribution in [0.3, 0.4) is 0 Å². The van der Waals surface area contributed by atoms with E-state index in [2.05, 4.69) is 15.6 Å². The molecule has 7 heteroatoms. The molecule has 0 spiro atoms. The van der Waals surface area contributed by atoms with E-state index in [1.165, 1.54) is 13.3 Å². The number of hydrogen-bond acceptors (Lipinski definition) is 5. The van der Waals surface area contributed by atoms with Crippen LogP contribution in [-0.4, -0.2) is 28.5 Å². The number of hydrogen-bond donors (Lipinski definition) is 1. The van der Waals surface area contributed by atoms with Gasteiger partial charge in [-0.05, 0) is 25.1 Å². The molecule has 3 rings (SSSR count). The number of aryl methyl sites for hydroxylation is 1. The van der Waals surface area contributed by atoms with Gasteiger partial charge in [0.15, 0.2) is 5.69 Å². The average molecular weight is 350 g/mol. The van der Waals surface area contributed by atoms with Gasteiger partial charge in [0, 0.05) is 18.0 Å². The first kappa shape index (κ1) is 17.3. The Morgan fingerprint density at radius 3 is 2.65 bits per heavy atom. The molecule has 1 N–H and O–H groups in total. The van der Waals surface area contributed by atoms with Crippen molar-refractivity contribution in [2.75, 3.05) is 6.61 Å². The monoisotopic (exact) mass is 350 g/mol. The molecular weight excluding hydrogens is 332 g/mol. The van der Waals surface area contributed by atoms with E-state index in [4.69, 9.17) is 4.74 Å². The molecule has 0 atom stereocenters. The number of nitrogens with zero attached hydrogens (tertiary/aromatic N) is 3. The summed E-state index contributed by atoms with van der Waals surface area (Å²) in [5.74, 6) is 0.181. The highest BCUT2D eigenvalue weighted by Gasteiger charge is 2.14. The molecule has 0 unspecified atom stereocenters. The van der Waals surface area contributed by atoms with Crippen LogP contribution in [0.25, 0.3) is 10.8 Å². The van der Waals surface area contributed by atoms with Gasteiger partial charge in [0.1, 0.15) is 5.75 Å². The minimum atomic E-state index is -0.498. The van der Waals surface area contributed by atoms with Crippen molar-refractivity contribution in [2.45, 2.75) is 6.92 Å². The lowest BCUT2D eigenvalue weighted by molar-refractivity contribution is 0.0950. The maximum atomic E-state index is 12.5. The topological polar surface area (TPSA) is 85.6 Å². The average Bonchev–Trinajstić information content (AvgIpc) is 2.66. The van der Waals surface area contributed by atoms with Crippen LogP contribution in [0, 0.1) is 0 Å². The number of para-hydroxylation sites is 1. The summed E-state index contributed by atoms with van der Waals surface area (Å²) in [6.07, 6.45) is 1.51. The first-order valence-corrected chi connectivity index (χ1v) is 8.13. The van der Waals surface area contributed by atoms with Gasteiger partial charge in [-0.15, -0.1) is 0 Å². The highest BCUT2D eigenvalue weighted by atomic mass is 16.5. The lowest BCUT2D eigenvalue weighted by Crippen LogP contribution is -2.27. The van der Waals surface area contributed by atoms with E-state index in [0.29, 0.717) is 23.1 Å². The van der Waals surface area contributed by atoms with Crippen LogP contribution >= 0.6 is 0 Å². The van der Waals surface area contributed by atoms with Gasteiger partial charge in [-0.25, -0.2) is 10.1 Å². The van der Waals surface area contributed by atoms with Crippen molar-refractivity contribution >= 4 is 22.9 Å². The molecule has 132 valence electrons. The summed E-state index contributed by atoms with van der Waals surface area (Å²) in [5.41, 5.74) is 3.08. The quantitative estimate of drug-likeness (QED) is 0.564. The third-order valence-electron chi connectivity index (χ3n) is 3.76. The van der Waals surface area contributed by atoms with Crippen LogP contribution in [0.15, 0.2) is 58.4 Å². The van der Waals surface area contributed by atoms with Gasteiger partial charge in [-0.2, -0.15) is 10.2 Å². The lowest BCUT2D eigenvalue weighted by Gasteiger charge is -2.07. The van der Waals surface area contributed by atoms with Gasteiger partial charge in [0.25, 0.3) is 11.5 Å². The SMILES string of the molecule is CCOc1ccccc1/C=N\NC(=O)c1nn(C)c(=O)c2ccccc12. The summed E-state index contributed by atoms with van der Waals surface area (Å²) in [6, 6.07) is 14.2. The summed E-state index contributed by atoms with van der Waals surface area (Å²) in [7, 11) is 1.51. The van der Waals surface area contributed by atoms with E-state index >= 15 is 0 Å². The highest BCUT2D eigenvalue weighted by Crippen LogP contribution is 2.16. The smallest absolute Gasteiger partial charge is 0.292 e. The first-order chi connectivity index (χ1) is 12.6. The van der Waals surface area contributed by atoms with E-state index in [-0.39, 0.29) is 11.3 Å². The van der Waals surface area contributed by atoms with Crippen molar-refractivity contribution in [1.82, 2.24) is 15.2 Å². The molecule has 0 fully saturated rings. The fraction of sp³-hybridized carbons (Fsp3) is 0.158. The number of amides is 1. The van der Waals surface area contributed by atoms with Crippen molar-refractivity contribution in [2.24, 2.45) is 12.1 Å². The van der Waals surface area contributed by atoms with Crippen LogP contribution in [0.4, 0.5) is 0 Å². The zero-order valence-electron chi connectivity index (χ0n) is 14.5. The molecule has 0 radical (unpaired) electrons. The van der Waals surface area contributed by atoms with E-state index in [0.717, 1.165) is 10.2 Å². The van der Waals surface area contributed by atoms with Crippen molar-refractivity contribution in [1.29, 1.82) is 0 Å². The van der Waals surface area contributed by atoms with Crippen LogP contribution in [0.2, 0.25) is 0 Å². The highest BCUT2D eigenvalue weighted by molar-refractivity contribution is 6.05. The number of carbonyl (C=O) groups is 1. The third kappa shape index (κ3) is 3.46. The zero-order valence-corrected chi connectivity index (χ0v) is 14.5. The molecule has 26 heavy (non-hydrogen) atoms. The van der Waals surface area contributed by atoms with Crippen LogP contribution in [0.1, 0.15) is 23.0 Å². The molecule has 3 aromatic rings. The van der Waals surface area contributed by atoms with Crippen LogP contribution < -0.4 is 15.7 Å². The lowest BCUT2D eigenvalue weighted by atomic mass is 10.1. The molecule has 0 saturated heterocycles. The third-order valence-corrected chi connectivity index (χ3v) is 3.76. The number of nitrogens with one attached hydrogen (secondary N) is 1. The molecule has 1 heterocycles. The second-order valence-electron chi connectivity index (χ2n) is 5.49. The molecule has 0 bridgehead atoms. The summed E-state index contributed by atoms with van der Waals surface area (Å²) in [5, 5.41) is 8.97. The number of fused-ring (bicyclic) bond motifs is 1. The molecular formula is C19H18N4O3. The summed E-state index contributed by atoms with van der Waals surface area (Å²) in [4.78, 5) is 24.6. The second-order valence-corrected chi connectivity index (χ2v) is 5.49. The van der Waals surface area contributed by atoms with E-state index in [1.807, 2.05) is 31.2 Å². The molecule has 0 saturated carbocycles. The number of hydrazone groups is 1. The number of rotatable bonds is 5. The normalized spacial score (nSPS) is 11.0. The van der Waals surface area contributed by atoms with E-state index in [1.54, 1.807) is 24.3 Å². The van der Waals surface area contributed by atoms with Gasteiger partial charge < -0.3 is 4.74 Å². The number of benzene rings is 2. The largest absolute Gasteiger partial charge is 0.493 e. The standard InChI is InChI=1S/C19H18N4O3/c1-3-26-16-11-7-4-8-13(16)12-20-21-18(24)17-14-9-5-6-10-15(14)19(25)23(2)22-17/h4-12H,3H2,1-2H3,(H,21,24)/b20-12-. The van der Waals surface area contributed by atoms with Crippen molar-refractivity contribution in [3.63, 3.8) is 0 Å². The number of carbonyl (C=O) groups excluding carboxylic acids is 1. The Kier molecular flexibility index (Phi) is 5.07. The predicted molar refractivity (Wildman–Crippen MR) is 99.7 cm³/mol. The fourth-order valence-electron chi connectivity index (χ4n) is 2.55. The van der Waals surface area contributed by atoms with Crippen LogP contribution in [0.5, 0.6) is 5.75 Å². The summed E-state index contributed by atoms with van der Waals surface area (Å²) >= 11 is 0. The van der Waals surface area contributed by atoms with Gasteiger partial charge >= 0.3 is 0 Å². The molecule has 7 nitrogen and oxygen atoms in total. The molecule has 0 aliphatic heterocycles. The van der Waals surface area contributed by atoms with Crippen molar-refractivity contribution in [3.8, 4) is 5.75 Å². The molecule has 1 aromatic heterocycles. The van der Waals surface area contributed by atoms with E-state index in [9.17, 15) is 9.59 Å². The number of aromatic nitrogens is 2. The minimum absolute atomic E-state index is 0.137. The first-order valence-electron chi connectivity index (χ1n) is 8.13. The number of ether oxygens (including phenoxy) is 1. The summed E-state index contributed by atoms with van der Waals surface area (Å²) in [6.45, 7) is 2.43. The summed E-state index contributed by atoms with van der Waals surface area (Å²) < 4.78 is 6.66. The van der Waals surface area contributed by atoms with E-state index < -0.39 is 5.91 Å². The zero-order chi connectivity index (χ0) is 18.5.